The number of nitrogens with one attached hydrogen (secondary N) is 2. The number of furan rings is 1. The van der Waals surface area contributed by atoms with Crippen LogP contribution in [0, 0.1) is 13.8 Å². The van der Waals surface area contributed by atoms with E-state index in [4.69, 9.17) is 4.42 Å². The van der Waals surface area contributed by atoms with E-state index in [1.54, 1.807) is 13.8 Å². The number of sulfonamides is 1. The predicted molar refractivity (Wildman–Crippen MR) is 80.3 cm³/mol. The molecular weight excluding hydrogens is 276 g/mol. The van der Waals surface area contributed by atoms with Gasteiger partial charge < -0.3 is 9.73 Å². The van der Waals surface area contributed by atoms with Crippen LogP contribution in [0.3, 0.4) is 0 Å². The molecule has 0 saturated carbocycles. The van der Waals surface area contributed by atoms with Crippen molar-refractivity contribution < 1.29 is 12.8 Å². The van der Waals surface area contributed by atoms with Crippen molar-refractivity contribution in [3.8, 4) is 0 Å². The fourth-order valence-corrected chi connectivity index (χ4v) is 3.98. The highest BCUT2D eigenvalue weighted by Crippen LogP contribution is 2.27. The Morgan fingerprint density at radius 1 is 1.15 bits per heavy atom. The lowest BCUT2D eigenvalue weighted by molar-refractivity contribution is 0.481. The number of hydrogen-bond donors (Lipinski definition) is 2. The van der Waals surface area contributed by atoms with Crippen LogP contribution in [0.15, 0.2) is 9.31 Å². The Labute approximate surface area is 122 Å². The summed E-state index contributed by atoms with van der Waals surface area (Å²) in [7, 11) is -3.58. The molecule has 1 rings (SSSR count). The summed E-state index contributed by atoms with van der Waals surface area (Å²) in [5.41, 5.74) is 0.192. The normalized spacial score (nSPS) is 12.9. The third-order valence-corrected chi connectivity index (χ3v) is 4.72. The molecule has 0 fully saturated rings. The molecule has 2 N–H and O–H groups in total. The largest absolute Gasteiger partial charge is 0.465 e. The van der Waals surface area contributed by atoms with Crippen LogP contribution in [0.4, 0.5) is 0 Å². The second-order valence-electron chi connectivity index (χ2n) is 6.05. The van der Waals surface area contributed by atoms with E-state index in [0.717, 1.165) is 13.0 Å². The average Bonchev–Trinajstić information content (AvgIpc) is 2.51. The first-order valence-corrected chi connectivity index (χ1v) is 8.40. The molecule has 6 heteroatoms. The second kappa shape index (κ2) is 6.28. The molecule has 0 amide bonds. The van der Waals surface area contributed by atoms with Gasteiger partial charge in [0.2, 0.25) is 10.0 Å². The minimum Gasteiger partial charge on any atom is -0.465 e. The summed E-state index contributed by atoms with van der Waals surface area (Å²) in [6.45, 7) is 12.4. The monoisotopic (exact) mass is 302 g/mol. The molecule has 1 heterocycles. The van der Waals surface area contributed by atoms with Gasteiger partial charge in [-0.15, -0.1) is 0 Å². The van der Waals surface area contributed by atoms with E-state index in [-0.39, 0.29) is 4.90 Å². The van der Waals surface area contributed by atoms with E-state index in [2.05, 4.69) is 17.0 Å². The van der Waals surface area contributed by atoms with Gasteiger partial charge in [-0.25, -0.2) is 13.1 Å². The topological polar surface area (TPSA) is 71.3 Å². The van der Waals surface area contributed by atoms with Crippen LogP contribution in [0.5, 0.6) is 0 Å². The maximum Gasteiger partial charge on any atom is 0.244 e. The van der Waals surface area contributed by atoms with Crippen molar-refractivity contribution in [2.75, 3.05) is 6.54 Å². The highest BCUT2D eigenvalue weighted by atomic mass is 32.2. The molecule has 0 saturated heterocycles. The minimum atomic E-state index is -3.58. The third kappa shape index (κ3) is 4.33. The standard InChI is InChI=1S/C14H26N2O3S/c1-7-8-15-9-12-10(2)19-11(3)13(12)20(17,18)16-14(4,5)6/h15-16H,7-9H2,1-6H3. The van der Waals surface area contributed by atoms with Gasteiger partial charge in [0, 0.05) is 17.6 Å². The SMILES string of the molecule is CCCNCc1c(C)oc(C)c1S(=O)(=O)NC(C)(C)C. The quantitative estimate of drug-likeness (QED) is 0.792. The lowest BCUT2D eigenvalue weighted by atomic mass is 10.1. The van der Waals surface area contributed by atoms with Gasteiger partial charge in [0.05, 0.1) is 0 Å². The van der Waals surface area contributed by atoms with E-state index in [1.165, 1.54) is 0 Å². The van der Waals surface area contributed by atoms with Gasteiger partial charge in [0.25, 0.3) is 0 Å². The van der Waals surface area contributed by atoms with Crippen molar-refractivity contribution in [3.63, 3.8) is 0 Å². The van der Waals surface area contributed by atoms with Crippen LogP contribution in [0.2, 0.25) is 0 Å². The summed E-state index contributed by atoms with van der Waals surface area (Å²) in [4.78, 5) is 0.272. The van der Waals surface area contributed by atoms with Gasteiger partial charge >= 0.3 is 0 Å². The Morgan fingerprint density at radius 2 is 1.75 bits per heavy atom. The molecule has 5 nitrogen and oxygen atoms in total. The summed E-state index contributed by atoms with van der Waals surface area (Å²) in [5, 5.41) is 3.23. The van der Waals surface area contributed by atoms with Crippen LogP contribution in [-0.2, 0) is 16.6 Å². The van der Waals surface area contributed by atoms with E-state index in [1.807, 2.05) is 20.8 Å². The molecule has 0 aromatic carbocycles. The van der Waals surface area contributed by atoms with E-state index < -0.39 is 15.6 Å². The third-order valence-electron chi connectivity index (χ3n) is 2.76. The lowest BCUT2D eigenvalue weighted by Crippen LogP contribution is -2.41. The number of aryl methyl sites for hydroxylation is 2. The van der Waals surface area contributed by atoms with E-state index >= 15 is 0 Å². The molecule has 1 aromatic heterocycles. The van der Waals surface area contributed by atoms with Crippen LogP contribution in [-0.4, -0.2) is 20.5 Å². The summed E-state index contributed by atoms with van der Waals surface area (Å²) in [6.07, 6.45) is 0.998. The highest BCUT2D eigenvalue weighted by Gasteiger charge is 2.29. The smallest absolute Gasteiger partial charge is 0.244 e. The van der Waals surface area contributed by atoms with E-state index in [0.29, 0.717) is 23.6 Å². The molecule has 0 aliphatic carbocycles. The Balaban J connectivity index is 3.16. The number of rotatable bonds is 6. The maximum atomic E-state index is 12.5. The fraction of sp³-hybridized carbons (Fsp3) is 0.714. The average molecular weight is 302 g/mol. The summed E-state index contributed by atoms with van der Waals surface area (Å²) < 4.78 is 33.3. The van der Waals surface area contributed by atoms with Crippen LogP contribution in [0.25, 0.3) is 0 Å². The van der Waals surface area contributed by atoms with Crippen molar-refractivity contribution in [3.05, 3.63) is 17.1 Å². The highest BCUT2D eigenvalue weighted by molar-refractivity contribution is 7.89. The Hall–Kier alpha value is -0.850. The van der Waals surface area contributed by atoms with Gasteiger partial charge in [-0.05, 0) is 47.6 Å². The molecule has 0 unspecified atom stereocenters. The van der Waals surface area contributed by atoms with Crippen LogP contribution >= 0.6 is 0 Å². The van der Waals surface area contributed by atoms with Crippen molar-refractivity contribution in [2.24, 2.45) is 0 Å². The Morgan fingerprint density at radius 3 is 2.25 bits per heavy atom. The molecule has 0 spiro atoms. The number of hydrogen-bond acceptors (Lipinski definition) is 4. The molecule has 0 radical (unpaired) electrons. The molecule has 0 aliphatic heterocycles. The summed E-state index contributed by atoms with van der Waals surface area (Å²) >= 11 is 0. The fourth-order valence-electron chi connectivity index (χ4n) is 2.11. The lowest BCUT2D eigenvalue weighted by Gasteiger charge is -2.20. The molecule has 0 atom stereocenters. The van der Waals surface area contributed by atoms with Crippen LogP contribution < -0.4 is 10.0 Å². The van der Waals surface area contributed by atoms with Gasteiger partial charge in [-0.2, -0.15) is 0 Å². The first-order valence-electron chi connectivity index (χ1n) is 6.92. The van der Waals surface area contributed by atoms with Gasteiger partial charge in [-0.1, -0.05) is 6.92 Å². The zero-order valence-electron chi connectivity index (χ0n) is 13.3. The van der Waals surface area contributed by atoms with Gasteiger partial charge in [0.1, 0.15) is 16.4 Å². The van der Waals surface area contributed by atoms with Crippen molar-refractivity contribution in [1.82, 2.24) is 10.0 Å². The van der Waals surface area contributed by atoms with E-state index in [9.17, 15) is 8.42 Å². The maximum absolute atomic E-state index is 12.5. The Bertz CT molecular complexity index is 554. The molecule has 0 aliphatic rings. The van der Waals surface area contributed by atoms with Crippen molar-refractivity contribution in [2.45, 2.75) is 64.9 Å². The van der Waals surface area contributed by atoms with Crippen molar-refractivity contribution in [1.29, 1.82) is 0 Å². The zero-order chi connectivity index (χ0) is 15.6. The first kappa shape index (κ1) is 17.2. The van der Waals surface area contributed by atoms with Gasteiger partial charge in [-0.3, -0.25) is 0 Å². The second-order valence-corrected chi connectivity index (χ2v) is 7.67. The first-order chi connectivity index (χ1) is 9.08. The van der Waals surface area contributed by atoms with Crippen molar-refractivity contribution >= 4 is 10.0 Å². The van der Waals surface area contributed by atoms with Gasteiger partial charge in [0.15, 0.2) is 0 Å². The molecular formula is C14H26N2O3S. The zero-order valence-corrected chi connectivity index (χ0v) is 14.1. The Kier molecular flexibility index (Phi) is 5.40. The molecule has 1 aromatic rings. The summed E-state index contributed by atoms with van der Waals surface area (Å²) in [5.74, 6) is 1.09. The predicted octanol–water partition coefficient (Wildman–Crippen LogP) is 2.47. The minimum absolute atomic E-state index is 0.272. The molecule has 116 valence electrons. The molecule has 20 heavy (non-hydrogen) atoms. The van der Waals surface area contributed by atoms with Crippen LogP contribution in [0.1, 0.15) is 51.2 Å². The summed E-state index contributed by atoms with van der Waals surface area (Å²) in [6, 6.07) is 0. The molecule has 0 bridgehead atoms.